The molecule has 0 saturated carbocycles. The van der Waals surface area contributed by atoms with Gasteiger partial charge in [-0.1, -0.05) is 78.1 Å². The summed E-state index contributed by atoms with van der Waals surface area (Å²) in [5.41, 5.74) is 0. The van der Waals surface area contributed by atoms with Gasteiger partial charge in [0.1, 0.15) is 20.6 Å². The molecule has 0 amide bonds. The van der Waals surface area contributed by atoms with Gasteiger partial charge in [0.15, 0.2) is 0 Å². The lowest BCUT2D eigenvalue weighted by molar-refractivity contribution is -1.06. The Morgan fingerprint density at radius 1 is 0.727 bits per heavy atom. The number of hydrogen-bond donors (Lipinski definition) is 0. The van der Waals surface area contributed by atoms with E-state index in [9.17, 15) is 4.79 Å². The van der Waals surface area contributed by atoms with E-state index >= 15 is 0 Å². The maximum Gasteiger partial charge on any atom is 0.366 e. The van der Waals surface area contributed by atoms with Gasteiger partial charge in [-0.05, 0) is 6.42 Å². The van der Waals surface area contributed by atoms with Crippen molar-refractivity contribution in [1.82, 2.24) is 0 Å². The fourth-order valence-corrected chi connectivity index (χ4v) is 2.72. The average molecular weight is 315 g/mol. The Morgan fingerprint density at radius 2 is 1.14 bits per heavy atom. The molecule has 132 valence electrons. The first-order valence-corrected chi connectivity index (χ1v) is 9.57. The number of carbonyl (C=O) groups excluding carboxylic acids is 1. The van der Waals surface area contributed by atoms with Crippen molar-refractivity contribution in [2.75, 3.05) is 20.6 Å². The van der Waals surface area contributed by atoms with Crippen LogP contribution in [0.15, 0.2) is 0 Å². The fourth-order valence-electron chi connectivity index (χ4n) is 2.72. The van der Waals surface area contributed by atoms with Crippen LogP contribution in [0.1, 0.15) is 97.3 Å². The Hall–Kier alpha value is -0.570. The first kappa shape index (κ1) is 21.4. The molecular weight excluding hydrogens is 274 g/mol. The molecule has 3 nitrogen and oxygen atoms in total. The van der Waals surface area contributed by atoms with E-state index in [1.165, 1.54) is 70.6 Å². The van der Waals surface area contributed by atoms with Gasteiger partial charge in [0.05, 0.1) is 0 Å². The number of rotatable bonds is 15. The molecule has 0 fully saturated rings. The van der Waals surface area contributed by atoms with Crippen LogP contribution in [-0.4, -0.2) is 31.3 Å². The van der Waals surface area contributed by atoms with Crippen molar-refractivity contribution < 1.29 is 14.3 Å². The standard InChI is InChI=1S/C19H40NO2/c1-5-7-8-9-10-11-12-13-14-15-16-17-18-20(3,4)22-19(21)6-2/h5-18H2,1-4H3/q+1. The second-order valence-electron chi connectivity index (χ2n) is 7.00. The maximum atomic E-state index is 11.3. The Morgan fingerprint density at radius 3 is 1.55 bits per heavy atom. The molecule has 0 bridgehead atoms. The van der Waals surface area contributed by atoms with Gasteiger partial charge in [0, 0.05) is 12.8 Å². The number of nitrogens with zero attached hydrogens (tertiary/aromatic N) is 1. The van der Waals surface area contributed by atoms with Crippen LogP contribution in [0.25, 0.3) is 0 Å². The first-order valence-electron chi connectivity index (χ1n) is 9.57. The van der Waals surface area contributed by atoms with Crippen molar-refractivity contribution in [2.45, 2.75) is 97.3 Å². The van der Waals surface area contributed by atoms with E-state index in [1.807, 2.05) is 21.0 Å². The van der Waals surface area contributed by atoms with Gasteiger partial charge in [-0.15, -0.1) is 4.65 Å². The molecule has 0 unspecified atom stereocenters. The molecule has 0 atom stereocenters. The maximum absolute atomic E-state index is 11.3. The number of carbonyl (C=O) groups is 1. The van der Waals surface area contributed by atoms with Crippen LogP contribution in [0, 0.1) is 0 Å². The minimum Gasteiger partial charge on any atom is -0.277 e. The SMILES string of the molecule is CCCCCCCCCCCCCC[N+](C)(C)OC(=O)CC. The van der Waals surface area contributed by atoms with Crippen LogP contribution in [-0.2, 0) is 9.63 Å². The van der Waals surface area contributed by atoms with Crippen molar-refractivity contribution >= 4 is 5.97 Å². The quantitative estimate of drug-likeness (QED) is 0.222. The van der Waals surface area contributed by atoms with Gasteiger partial charge in [-0.25, -0.2) is 4.79 Å². The van der Waals surface area contributed by atoms with Crippen LogP contribution in [0.5, 0.6) is 0 Å². The predicted molar refractivity (Wildman–Crippen MR) is 94.4 cm³/mol. The van der Waals surface area contributed by atoms with Gasteiger partial charge >= 0.3 is 5.97 Å². The smallest absolute Gasteiger partial charge is 0.277 e. The zero-order valence-electron chi connectivity index (χ0n) is 15.7. The average Bonchev–Trinajstić information content (AvgIpc) is 2.47. The van der Waals surface area contributed by atoms with Gasteiger partial charge in [0.25, 0.3) is 0 Å². The second kappa shape index (κ2) is 14.0. The number of hydroxylamine groups is 3. The van der Waals surface area contributed by atoms with Crippen molar-refractivity contribution in [3.63, 3.8) is 0 Å². The molecule has 0 aliphatic heterocycles. The lowest BCUT2D eigenvalue weighted by Gasteiger charge is -2.25. The molecule has 22 heavy (non-hydrogen) atoms. The molecule has 0 spiro atoms. The molecule has 0 heterocycles. The molecule has 0 aliphatic rings. The lowest BCUT2D eigenvalue weighted by Crippen LogP contribution is -2.42. The molecule has 0 radical (unpaired) electrons. The summed E-state index contributed by atoms with van der Waals surface area (Å²) in [6.45, 7) is 5.03. The van der Waals surface area contributed by atoms with Gasteiger partial charge in [-0.2, -0.15) is 0 Å². The largest absolute Gasteiger partial charge is 0.366 e. The van der Waals surface area contributed by atoms with E-state index in [2.05, 4.69) is 6.92 Å². The predicted octanol–water partition coefficient (Wildman–Crippen LogP) is 5.63. The Bertz CT molecular complexity index is 264. The lowest BCUT2D eigenvalue weighted by atomic mass is 10.1. The number of quaternary nitrogens is 1. The molecule has 0 rings (SSSR count). The van der Waals surface area contributed by atoms with Crippen LogP contribution < -0.4 is 0 Å². The fraction of sp³-hybridized carbons (Fsp3) is 0.947. The summed E-state index contributed by atoms with van der Waals surface area (Å²) in [5.74, 6) is -0.107. The summed E-state index contributed by atoms with van der Waals surface area (Å²) in [6, 6.07) is 0. The third kappa shape index (κ3) is 14.4. The van der Waals surface area contributed by atoms with E-state index in [4.69, 9.17) is 4.84 Å². The molecule has 0 aromatic rings. The molecular formula is C19H40NO2+. The topological polar surface area (TPSA) is 26.3 Å². The van der Waals surface area contributed by atoms with Gasteiger partial charge in [-0.3, -0.25) is 4.84 Å². The highest BCUT2D eigenvalue weighted by molar-refractivity contribution is 5.68. The third-order valence-corrected chi connectivity index (χ3v) is 4.19. The minimum atomic E-state index is -0.107. The Kier molecular flexibility index (Phi) is 13.7. The summed E-state index contributed by atoms with van der Waals surface area (Å²) < 4.78 is 0.366. The van der Waals surface area contributed by atoms with Crippen LogP contribution in [0.4, 0.5) is 0 Å². The van der Waals surface area contributed by atoms with Crippen molar-refractivity contribution in [3.05, 3.63) is 0 Å². The summed E-state index contributed by atoms with van der Waals surface area (Å²) in [5, 5.41) is 0. The van der Waals surface area contributed by atoms with E-state index in [-0.39, 0.29) is 5.97 Å². The molecule has 0 aromatic heterocycles. The number of hydrogen-bond acceptors (Lipinski definition) is 2. The minimum absolute atomic E-state index is 0.107. The zero-order valence-corrected chi connectivity index (χ0v) is 15.7. The van der Waals surface area contributed by atoms with Crippen LogP contribution in [0.3, 0.4) is 0 Å². The normalized spacial score (nSPS) is 11.6. The van der Waals surface area contributed by atoms with E-state index in [1.54, 1.807) is 0 Å². The van der Waals surface area contributed by atoms with E-state index in [0.29, 0.717) is 11.1 Å². The Labute approximate surface area is 139 Å². The summed E-state index contributed by atoms with van der Waals surface area (Å²) in [6.07, 6.45) is 16.8. The molecule has 3 heteroatoms. The zero-order chi connectivity index (χ0) is 16.7. The molecule has 0 aliphatic carbocycles. The third-order valence-electron chi connectivity index (χ3n) is 4.19. The monoisotopic (exact) mass is 314 g/mol. The molecule has 0 saturated heterocycles. The first-order chi connectivity index (χ1) is 10.5. The van der Waals surface area contributed by atoms with Gasteiger partial charge < -0.3 is 0 Å². The summed E-state index contributed by atoms with van der Waals surface area (Å²) in [4.78, 5) is 16.7. The summed E-state index contributed by atoms with van der Waals surface area (Å²) in [7, 11) is 3.93. The number of unbranched alkanes of at least 4 members (excludes halogenated alkanes) is 11. The highest BCUT2D eigenvalue weighted by atomic mass is 16.7. The van der Waals surface area contributed by atoms with Crippen molar-refractivity contribution in [3.8, 4) is 0 Å². The van der Waals surface area contributed by atoms with Crippen molar-refractivity contribution in [2.24, 2.45) is 0 Å². The molecule has 0 N–H and O–H groups in total. The van der Waals surface area contributed by atoms with E-state index in [0.717, 1.165) is 13.0 Å². The van der Waals surface area contributed by atoms with E-state index < -0.39 is 0 Å². The highest BCUT2D eigenvalue weighted by Crippen LogP contribution is 2.13. The van der Waals surface area contributed by atoms with Crippen molar-refractivity contribution in [1.29, 1.82) is 0 Å². The highest BCUT2D eigenvalue weighted by Gasteiger charge is 2.20. The second-order valence-corrected chi connectivity index (χ2v) is 7.00. The Balaban J connectivity index is 3.31. The van der Waals surface area contributed by atoms with Crippen LogP contribution in [0.2, 0.25) is 0 Å². The van der Waals surface area contributed by atoms with Crippen LogP contribution >= 0.6 is 0 Å². The van der Waals surface area contributed by atoms with Gasteiger partial charge in [0.2, 0.25) is 0 Å². The molecule has 0 aromatic carbocycles. The summed E-state index contributed by atoms with van der Waals surface area (Å²) >= 11 is 0.